The molecule has 2 rings (SSSR count). The summed E-state index contributed by atoms with van der Waals surface area (Å²) in [4.78, 5) is 0. The van der Waals surface area contributed by atoms with Gasteiger partial charge in [-0.05, 0) is 43.2 Å². The highest BCUT2D eigenvalue weighted by molar-refractivity contribution is 5.33. The molecule has 3 heteroatoms. The van der Waals surface area contributed by atoms with E-state index in [-0.39, 0.29) is 5.92 Å². The summed E-state index contributed by atoms with van der Waals surface area (Å²) in [7, 11) is 0. The standard InChI is InChI=1S/C14H15F3/c1-10-6-8-11(9-7-10)12-4-2-3-5-13(12)14(15,16)17/h2-5,11H,1,6-9H2. The molecule has 0 unspecified atom stereocenters. The highest BCUT2D eigenvalue weighted by Crippen LogP contribution is 2.41. The number of benzene rings is 1. The number of rotatable bonds is 1. The highest BCUT2D eigenvalue weighted by Gasteiger charge is 2.35. The van der Waals surface area contributed by atoms with Gasteiger partial charge in [-0.3, -0.25) is 0 Å². The van der Waals surface area contributed by atoms with E-state index < -0.39 is 11.7 Å². The SMILES string of the molecule is C=C1CCC(c2ccccc2C(F)(F)F)CC1. The molecule has 0 aromatic heterocycles. The van der Waals surface area contributed by atoms with Crippen LogP contribution < -0.4 is 0 Å². The zero-order chi connectivity index (χ0) is 12.5. The van der Waals surface area contributed by atoms with Crippen molar-refractivity contribution < 1.29 is 13.2 Å². The van der Waals surface area contributed by atoms with Crippen molar-refractivity contribution in [1.29, 1.82) is 0 Å². The van der Waals surface area contributed by atoms with Crippen LogP contribution in [-0.2, 0) is 6.18 Å². The van der Waals surface area contributed by atoms with Gasteiger partial charge in [-0.25, -0.2) is 0 Å². The second-order valence-electron chi connectivity index (χ2n) is 4.61. The second-order valence-corrected chi connectivity index (χ2v) is 4.61. The zero-order valence-electron chi connectivity index (χ0n) is 9.56. The third kappa shape index (κ3) is 2.71. The highest BCUT2D eigenvalue weighted by atomic mass is 19.4. The Hall–Kier alpha value is -1.25. The third-order valence-electron chi connectivity index (χ3n) is 3.40. The third-order valence-corrected chi connectivity index (χ3v) is 3.40. The maximum Gasteiger partial charge on any atom is 0.416 e. The van der Waals surface area contributed by atoms with Crippen molar-refractivity contribution in [2.45, 2.75) is 37.8 Å². The Morgan fingerprint density at radius 3 is 2.24 bits per heavy atom. The summed E-state index contributed by atoms with van der Waals surface area (Å²) < 4.78 is 38.6. The molecule has 0 heterocycles. The summed E-state index contributed by atoms with van der Waals surface area (Å²) in [5.41, 5.74) is 1.13. The van der Waals surface area contributed by atoms with E-state index in [4.69, 9.17) is 0 Å². The molecule has 1 fully saturated rings. The normalized spacial score (nSPS) is 18.4. The molecule has 0 spiro atoms. The van der Waals surface area contributed by atoms with Gasteiger partial charge in [0.15, 0.2) is 0 Å². The molecular formula is C14H15F3. The first-order valence-corrected chi connectivity index (χ1v) is 5.81. The van der Waals surface area contributed by atoms with E-state index in [0.717, 1.165) is 31.3 Å². The number of allylic oxidation sites excluding steroid dienone is 1. The monoisotopic (exact) mass is 240 g/mol. The molecule has 1 aliphatic rings. The first kappa shape index (κ1) is 12.2. The van der Waals surface area contributed by atoms with Crippen LogP contribution >= 0.6 is 0 Å². The second kappa shape index (κ2) is 4.55. The van der Waals surface area contributed by atoms with Gasteiger partial charge in [-0.2, -0.15) is 13.2 Å². The van der Waals surface area contributed by atoms with Crippen molar-refractivity contribution >= 4 is 0 Å². The molecule has 0 aliphatic heterocycles. The predicted octanol–water partition coefficient (Wildman–Crippen LogP) is 4.92. The molecule has 1 saturated carbocycles. The molecule has 0 saturated heterocycles. The molecule has 1 aromatic rings. The van der Waals surface area contributed by atoms with Crippen LogP contribution in [0.4, 0.5) is 13.2 Å². The van der Waals surface area contributed by atoms with E-state index in [9.17, 15) is 13.2 Å². The van der Waals surface area contributed by atoms with E-state index in [1.165, 1.54) is 12.1 Å². The van der Waals surface area contributed by atoms with Crippen molar-refractivity contribution in [3.05, 3.63) is 47.5 Å². The van der Waals surface area contributed by atoms with Crippen LogP contribution in [0.3, 0.4) is 0 Å². The minimum atomic E-state index is -4.24. The van der Waals surface area contributed by atoms with Crippen molar-refractivity contribution in [3.8, 4) is 0 Å². The summed E-state index contributed by atoms with van der Waals surface area (Å²) in [6.07, 6.45) is -0.989. The molecule has 0 atom stereocenters. The van der Waals surface area contributed by atoms with Gasteiger partial charge in [0.05, 0.1) is 5.56 Å². The molecule has 1 aliphatic carbocycles. The Bertz CT molecular complexity index is 408. The number of halogens is 3. The summed E-state index contributed by atoms with van der Waals surface area (Å²) in [6, 6.07) is 5.93. The molecule has 0 nitrogen and oxygen atoms in total. The van der Waals surface area contributed by atoms with Crippen molar-refractivity contribution in [1.82, 2.24) is 0 Å². The van der Waals surface area contributed by atoms with Crippen LogP contribution in [0.5, 0.6) is 0 Å². The van der Waals surface area contributed by atoms with E-state index >= 15 is 0 Å². The average molecular weight is 240 g/mol. The molecular weight excluding hydrogens is 225 g/mol. The first-order valence-electron chi connectivity index (χ1n) is 5.81. The van der Waals surface area contributed by atoms with E-state index in [1.807, 2.05) is 0 Å². The fourth-order valence-corrected chi connectivity index (χ4v) is 2.45. The molecule has 1 aromatic carbocycles. The number of alkyl halides is 3. The minimum absolute atomic E-state index is 0.0262. The van der Waals surface area contributed by atoms with Gasteiger partial charge >= 0.3 is 6.18 Å². The molecule has 0 bridgehead atoms. The first-order chi connectivity index (χ1) is 7.98. The number of hydrogen-bond acceptors (Lipinski definition) is 0. The minimum Gasteiger partial charge on any atom is -0.166 e. The molecule has 17 heavy (non-hydrogen) atoms. The average Bonchev–Trinajstić information content (AvgIpc) is 2.29. The van der Waals surface area contributed by atoms with Gasteiger partial charge in [0.25, 0.3) is 0 Å². The fourth-order valence-electron chi connectivity index (χ4n) is 2.45. The maximum absolute atomic E-state index is 12.9. The Morgan fingerprint density at radius 1 is 1.06 bits per heavy atom. The Balaban J connectivity index is 2.29. The molecule has 0 N–H and O–H groups in total. The summed E-state index contributed by atoms with van der Waals surface area (Å²) in [5, 5.41) is 0. The smallest absolute Gasteiger partial charge is 0.166 e. The lowest BCUT2D eigenvalue weighted by Crippen LogP contribution is -2.14. The lowest BCUT2D eigenvalue weighted by Gasteiger charge is -2.26. The van der Waals surface area contributed by atoms with Gasteiger partial charge in [-0.15, -0.1) is 0 Å². The van der Waals surface area contributed by atoms with Crippen LogP contribution in [-0.4, -0.2) is 0 Å². The predicted molar refractivity (Wildman–Crippen MR) is 61.8 cm³/mol. The van der Waals surface area contributed by atoms with Gasteiger partial charge in [0.2, 0.25) is 0 Å². The summed E-state index contributed by atoms with van der Waals surface area (Å²) in [5.74, 6) is 0.0262. The lowest BCUT2D eigenvalue weighted by atomic mass is 9.80. The Labute approximate surface area is 99.2 Å². The topological polar surface area (TPSA) is 0 Å². The van der Waals surface area contributed by atoms with Crippen LogP contribution in [0.2, 0.25) is 0 Å². The van der Waals surface area contributed by atoms with Crippen LogP contribution in [0.15, 0.2) is 36.4 Å². The van der Waals surface area contributed by atoms with Gasteiger partial charge in [0.1, 0.15) is 0 Å². The quantitative estimate of drug-likeness (QED) is 0.611. The molecule has 92 valence electrons. The Kier molecular flexibility index (Phi) is 3.27. The van der Waals surface area contributed by atoms with Crippen LogP contribution in [0.1, 0.15) is 42.7 Å². The van der Waals surface area contributed by atoms with Gasteiger partial charge in [0, 0.05) is 0 Å². The largest absolute Gasteiger partial charge is 0.416 e. The van der Waals surface area contributed by atoms with Crippen molar-refractivity contribution in [2.24, 2.45) is 0 Å². The molecule has 0 amide bonds. The summed E-state index contributed by atoms with van der Waals surface area (Å²) >= 11 is 0. The lowest BCUT2D eigenvalue weighted by molar-refractivity contribution is -0.138. The van der Waals surface area contributed by atoms with Gasteiger partial charge in [-0.1, -0.05) is 30.4 Å². The van der Waals surface area contributed by atoms with Crippen molar-refractivity contribution in [3.63, 3.8) is 0 Å². The summed E-state index contributed by atoms with van der Waals surface area (Å²) in [6.45, 7) is 3.89. The van der Waals surface area contributed by atoms with Crippen LogP contribution in [0.25, 0.3) is 0 Å². The zero-order valence-corrected chi connectivity index (χ0v) is 9.56. The fraction of sp³-hybridized carbons (Fsp3) is 0.429. The maximum atomic E-state index is 12.9. The Morgan fingerprint density at radius 2 is 1.65 bits per heavy atom. The molecule has 0 radical (unpaired) electrons. The van der Waals surface area contributed by atoms with E-state index in [2.05, 4.69) is 6.58 Å². The van der Waals surface area contributed by atoms with Crippen molar-refractivity contribution in [2.75, 3.05) is 0 Å². The van der Waals surface area contributed by atoms with E-state index in [0.29, 0.717) is 5.56 Å². The van der Waals surface area contributed by atoms with E-state index in [1.54, 1.807) is 12.1 Å². The van der Waals surface area contributed by atoms with Crippen LogP contribution in [0, 0.1) is 0 Å². The van der Waals surface area contributed by atoms with Gasteiger partial charge < -0.3 is 0 Å². The number of hydrogen-bond donors (Lipinski definition) is 0.